The van der Waals surface area contributed by atoms with Gasteiger partial charge in [-0.3, -0.25) is 0 Å². The largest absolute Gasteiger partial charge is 0.480 e. The number of likely N-dealkylation sites (tertiary alicyclic amines) is 1. The molecule has 1 aromatic rings. The predicted molar refractivity (Wildman–Crippen MR) is 75.2 cm³/mol. The van der Waals surface area contributed by atoms with E-state index in [0.717, 1.165) is 0 Å². The molecular formula is C15H19FN2O3. The summed E-state index contributed by atoms with van der Waals surface area (Å²) in [4.78, 5) is 26.5. The van der Waals surface area contributed by atoms with E-state index in [1.54, 1.807) is 19.2 Å². The van der Waals surface area contributed by atoms with Crippen molar-refractivity contribution in [3.63, 3.8) is 0 Å². The van der Waals surface area contributed by atoms with Gasteiger partial charge in [0.1, 0.15) is 11.9 Å². The Bertz CT molecular complexity index is 549. The van der Waals surface area contributed by atoms with Gasteiger partial charge < -0.3 is 14.9 Å². The number of rotatable bonds is 3. The van der Waals surface area contributed by atoms with E-state index in [1.807, 2.05) is 6.92 Å². The summed E-state index contributed by atoms with van der Waals surface area (Å²) in [5.74, 6) is -1.40. The van der Waals surface area contributed by atoms with Crippen LogP contribution < -0.4 is 0 Å². The average molecular weight is 294 g/mol. The quantitative estimate of drug-likeness (QED) is 0.929. The fourth-order valence-electron chi connectivity index (χ4n) is 2.73. The number of carboxylic acids is 1. The summed E-state index contributed by atoms with van der Waals surface area (Å²) in [7, 11) is 1.59. The lowest BCUT2D eigenvalue weighted by molar-refractivity contribution is -0.142. The first-order valence-corrected chi connectivity index (χ1v) is 6.89. The van der Waals surface area contributed by atoms with Gasteiger partial charge in [-0.1, -0.05) is 19.1 Å². The van der Waals surface area contributed by atoms with E-state index in [-0.39, 0.29) is 24.3 Å². The molecule has 0 spiro atoms. The minimum atomic E-state index is -0.979. The van der Waals surface area contributed by atoms with Crippen LogP contribution >= 0.6 is 0 Å². The Labute approximate surface area is 123 Å². The van der Waals surface area contributed by atoms with Crippen LogP contribution in [-0.2, 0) is 11.3 Å². The minimum Gasteiger partial charge on any atom is -0.480 e. The highest BCUT2D eigenvalue weighted by molar-refractivity contribution is 5.83. The Morgan fingerprint density at radius 3 is 2.81 bits per heavy atom. The summed E-state index contributed by atoms with van der Waals surface area (Å²) in [6.45, 7) is 2.51. The molecule has 1 heterocycles. The van der Waals surface area contributed by atoms with Gasteiger partial charge >= 0.3 is 12.0 Å². The summed E-state index contributed by atoms with van der Waals surface area (Å²) in [6, 6.07) is 4.90. The number of amides is 2. The van der Waals surface area contributed by atoms with Crippen LogP contribution in [0.25, 0.3) is 0 Å². The van der Waals surface area contributed by atoms with Gasteiger partial charge in [0.2, 0.25) is 0 Å². The Morgan fingerprint density at radius 2 is 2.19 bits per heavy atom. The first-order valence-electron chi connectivity index (χ1n) is 6.89. The lowest BCUT2D eigenvalue weighted by Crippen LogP contribution is -2.47. The molecule has 2 atom stereocenters. The summed E-state index contributed by atoms with van der Waals surface area (Å²) >= 11 is 0. The molecule has 0 saturated carbocycles. The molecule has 2 unspecified atom stereocenters. The normalized spacial score (nSPS) is 21.4. The smallest absolute Gasteiger partial charge is 0.326 e. The van der Waals surface area contributed by atoms with Gasteiger partial charge in [-0.15, -0.1) is 0 Å². The maximum absolute atomic E-state index is 13.1. The number of hydrogen-bond acceptors (Lipinski definition) is 2. The molecule has 2 rings (SSSR count). The Morgan fingerprint density at radius 1 is 1.48 bits per heavy atom. The van der Waals surface area contributed by atoms with Crippen LogP contribution in [0.3, 0.4) is 0 Å². The topological polar surface area (TPSA) is 60.9 Å². The molecule has 0 aromatic heterocycles. The number of carboxylic acid groups (broad SMARTS) is 1. The number of carbonyl (C=O) groups is 2. The number of benzene rings is 1. The zero-order chi connectivity index (χ0) is 15.6. The van der Waals surface area contributed by atoms with Crippen molar-refractivity contribution in [2.24, 2.45) is 5.92 Å². The minimum absolute atomic E-state index is 0.0611. The lowest BCUT2D eigenvalue weighted by atomic mass is 10.0. The number of halogens is 1. The number of carbonyl (C=O) groups excluding carboxylic acids is 1. The fraction of sp³-hybridized carbons (Fsp3) is 0.467. The molecule has 0 radical (unpaired) electrons. The van der Waals surface area contributed by atoms with Crippen molar-refractivity contribution in [1.29, 1.82) is 0 Å². The first-order chi connectivity index (χ1) is 9.90. The van der Waals surface area contributed by atoms with Crippen LogP contribution in [0.2, 0.25) is 0 Å². The lowest BCUT2D eigenvalue weighted by Gasteiger charge is -2.28. The van der Waals surface area contributed by atoms with Crippen LogP contribution in [0, 0.1) is 11.7 Å². The first kappa shape index (κ1) is 15.3. The highest BCUT2D eigenvalue weighted by Crippen LogP contribution is 2.25. The number of urea groups is 1. The highest BCUT2D eigenvalue weighted by atomic mass is 19.1. The molecule has 1 fully saturated rings. The van der Waals surface area contributed by atoms with E-state index in [1.165, 1.54) is 21.9 Å². The molecule has 0 bridgehead atoms. The number of hydrogen-bond donors (Lipinski definition) is 1. The van der Waals surface area contributed by atoms with Gasteiger partial charge in [-0.05, 0) is 30.0 Å². The molecule has 1 N–H and O–H groups in total. The van der Waals surface area contributed by atoms with Gasteiger partial charge in [0.15, 0.2) is 0 Å². The second-order valence-electron chi connectivity index (χ2n) is 5.51. The van der Waals surface area contributed by atoms with E-state index < -0.39 is 12.0 Å². The molecule has 1 aliphatic rings. The van der Waals surface area contributed by atoms with Crippen molar-refractivity contribution in [1.82, 2.24) is 9.80 Å². The van der Waals surface area contributed by atoms with Gasteiger partial charge in [0.25, 0.3) is 0 Å². The van der Waals surface area contributed by atoms with E-state index >= 15 is 0 Å². The number of aliphatic carboxylic acids is 1. The summed E-state index contributed by atoms with van der Waals surface area (Å²) < 4.78 is 13.1. The van der Waals surface area contributed by atoms with Gasteiger partial charge in [0, 0.05) is 20.1 Å². The van der Waals surface area contributed by atoms with Crippen LogP contribution in [0.4, 0.5) is 9.18 Å². The molecule has 6 heteroatoms. The molecule has 1 aromatic carbocycles. The van der Waals surface area contributed by atoms with E-state index in [9.17, 15) is 19.1 Å². The van der Waals surface area contributed by atoms with Gasteiger partial charge in [0.05, 0.1) is 0 Å². The van der Waals surface area contributed by atoms with Crippen molar-refractivity contribution in [3.8, 4) is 0 Å². The van der Waals surface area contributed by atoms with Crippen molar-refractivity contribution in [2.75, 3.05) is 13.6 Å². The third-order valence-electron chi connectivity index (χ3n) is 3.83. The van der Waals surface area contributed by atoms with Crippen LogP contribution in [0.1, 0.15) is 18.9 Å². The maximum Gasteiger partial charge on any atom is 0.326 e. The molecule has 5 nitrogen and oxygen atoms in total. The SMILES string of the molecule is CC1CCN(C(=O)N(C)Cc2cccc(F)c2)C1C(=O)O. The average Bonchev–Trinajstić information content (AvgIpc) is 2.79. The monoisotopic (exact) mass is 294 g/mol. The predicted octanol–water partition coefficient (Wildman–Crippen LogP) is 2.17. The van der Waals surface area contributed by atoms with Crippen molar-refractivity contribution < 1.29 is 19.1 Å². The molecule has 114 valence electrons. The number of nitrogens with zero attached hydrogens (tertiary/aromatic N) is 2. The molecule has 21 heavy (non-hydrogen) atoms. The fourth-order valence-corrected chi connectivity index (χ4v) is 2.73. The Balaban J connectivity index is 2.07. The Hall–Kier alpha value is -2.11. The zero-order valence-corrected chi connectivity index (χ0v) is 12.1. The van der Waals surface area contributed by atoms with Crippen LogP contribution in [0.5, 0.6) is 0 Å². The van der Waals surface area contributed by atoms with Gasteiger partial charge in [-0.2, -0.15) is 0 Å². The van der Waals surface area contributed by atoms with E-state index in [0.29, 0.717) is 18.5 Å². The van der Waals surface area contributed by atoms with Gasteiger partial charge in [-0.25, -0.2) is 14.0 Å². The zero-order valence-electron chi connectivity index (χ0n) is 12.1. The third kappa shape index (κ3) is 3.32. The second-order valence-corrected chi connectivity index (χ2v) is 5.51. The summed E-state index contributed by atoms with van der Waals surface area (Å²) in [5.41, 5.74) is 0.671. The third-order valence-corrected chi connectivity index (χ3v) is 3.83. The van der Waals surface area contributed by atoms with Crippen LogP contribution in [0.15, 0.2) is 24.3 Å². The molecule has 1 aliphatic heterocycles. The van der Waals surface area contributed by atoms with Crippen molar-refractivity contribution in [3.05, 3.63) is 35.6 Å². The molecule has 1 saturated heterocycles. The van der Waals surface area contributed by atoms with Crippen LogP contribution in [-0.4, -0.2) is 46.5 Å². The molecule has 2 amide bonds. The van der Waals surface area contributed by atoms with E-state index in [2.05, 4.69) is 0 Å². The maximum atomic E-state index is 13.1. The summed E-state index contributed by atoms with van der Waals surface area (Å²) in [6.07, 6.45) is 0.677. The van der Waals surface area contributed by atoms with E-state index in [4.69, 9.17) is 0 Å². The second kappa shape index (κ2) is 6.11. The standard InChI is InChI=1S/C15H19FN2O3/c1-10-6-7-18(13(10)14(19)20)15(21)17(2)9-11-4-3-5-12(16)8-11/h3-5,8,10,13H,6-7,9H2,1-2H3,(H,19,20). The summed E-state index contributed by atoms with van der Waals surface area (Å²) in [5, 5.41) is 9.25. The van der Waals surface area contributed by atoms with Crippen molar-refractivity contribution >= 4 is 12.0 Å². The highest BCUT2D eigenvalue weighted by Gasteiger charge is 2.40. The Kier molecular flexibility index (Phi) is 4.45. The van der Waals surface area contributed by atoms with Crippen molar-refractivity contribution in [2.45, 2.75) is 25.9 Å². The molecular weight excluding hydrogens is 275 g/mol. The molecule has 0 aliphatic carbocycles.